The normalized spacial score (nSPS) is 11.8. The van der Waals surface area contributed by atoms with Gasteiger partial charge in [0.1, 0.15) is 6.04 Å². The summed E-state index contributed by atoms with van der Waals surface area (Å²) in [5.41, 5.74) is 5.87. The van der Waals surface area contributed by atoms with E-state index in [0.717, 1.165) is 0 Å². The second kappa shape index (κ2) is 6.74. The third-order valence-electron chi connectivity index (χ3n) is 3.00. The van der Waals surface area contributed by atoms with Gasteiger partial charge in [-0.25, -0.2) is 9.59 Å². The van der Waals surface area contributed by atoms with Gasteiger partial charge < -0.3 is 21.5 Å². The van der Waals surface area contributed by atoms with E-state index in [2.05, 4.69) is 10.6 Å². The molecule has 0 aliphatic heterocycles. The molecule has 21 heavy (non-hydrogen) atoms. The molecule has 1 aromatic rings. The smallest absolute Gasteiger partial charge is 0.337 e. The summed E-state index contributed by atoms with van der Waals surface area (Å²) in [6.07, 6.45) is 0. The third-order valence-corrected chi connectivity index (χ3v) is 3.00. The molecular weight excluding hydrogens is 274 g/mol. The quantitative estimate of drug-likeness (QED) is 0.654. The van der Waals surface area contributed by atoms with E-state index in [-0.39, 0.29) is 17.2 Å². The van der Waals surface area contributed by atoms with Crippen LogP contribution in [0.1, 0.15) is 29.8 Å². The molecule has 0 fully saturated rings. The topological polar surface area (TPSA) is 122 Å². The Hall–Kier alpha value is -2.57. The van der Waals surface area contributed by atoms with Crippen molar-refractivity contribution in [2.24, 2.45) is 11.7 Å². The maximum atomic E-state index is 12.2. The Morgan fingerprint density at radius 2 is 1.86 bits per heavy atom. The van der Waals surface area contributed by atoms with Crippen molar-refractivity contribution in [3.63, 3.8) is 0 Å². The van der Waals surface area contributed by atoms with Gasteiger partial charge in [-0.15, -0.1) is 0 Å². The highest BCUT2D eigenvalue weighted by atomic mass is 16.4. The predicted molar refractivity (Wildman–Crippen MR) is 78.1 cm³/mol. The number of benzene rings is 1. The van der Waals surface area contributed by atoms with Crippen molar-refractivity contribution in [3.8, 4) is 0 Å². The number of carbonyl (C=O) groups is 3. The van der Waals surface area contributed by atoms with E-state index in [9.17, 15) is 14.4 Å². The molecule has 1 aromatic carbocycles. The van der Waals surface area contributed by atoms with Crippen molar-refractivity contribution >= 4 is 23.6 Å². The van der Waals surface area contributed by atoms with Crippen molar-refractivity contribution in [1.29, 1.82) is 0 Å². The maximum absolute atomic E-state index is 12.2. The SMILES string of the molecule is Cc1cccc(C(=O)O)c1NC(=O)C(NC(N)=O)C(C)C. The number of urea groups is 1. The van der Waals surface area contributed by atoms with Gasteiger partial charge in [0.25, 0.3) is 0 Å². The Bertz CT molecular complexity index is 569. The molecule has 0 aliphatic carbocycles. The summed E-state index contributed by atoms with van der Waals surface area (Å²) in [7, 11) is 0. The van der Waals surface area contributed by atoms with Crippen LogP contribution >= 0.6 is 0 Å². The van der Waals surface area contributed by atoms with Gasteiger partial charge in [0.2, 0.25) is 5.91 Å². The molecule has 7 heteroatoms. The maximum Gasteiger partial charge on any atom is 0.337 e. The van der Waals surface area contributed by atoms with E-state index in [1.165, 1.54) is 6.07 Å². The summed E-state index contributed by atoms with van der Waals surface area (Å²) in [4.78, 5) is 34.4. The standard InChI is InChI=1S/C14H19N3O4/c1-7(2)10(17-14(15)21)12(18)16-11-8(3)5-4-6-9(11)13(19)20/h4-7,10H,1-3H3,(H,16,18)(H,19,20)(H3,15,17,21). The lowest BCUT2D eigenvalue weighted by Crippen LogP contribution is -2.49. The molecule has 3 amide bonds. The van der Waals surface area contributed by atoms with Crippen LogP contribution in [0.25, 0.3) is 0 Å². The number of amides is 3. The fourth-order valence-corrected chi connectivity index (χ4v) is 1.90. The van der Waals surface area contributed by atoms with E-state index in [1.807, 2.05) is 0 Å². The lowest BCUT2D eigenvalue weighted by molar-refractivity contribution is -0.118. The van der Waals surface area contributed by atoms with Crippen LogP contribution < -0.4 is 16.4 Å². The van der Waals surface area contributed by atoms with Crippen LogP contribution in [0.4, 0.5) is 10.5 Å². The lowest BCUT2D eigenvalue weighted by Gasteiger charge is -2.21. The van der Waals surface area contributed by atoms with E-state index in [4.69, 9.17) is 10.8 Å². The van der Waals surface area contributed by atoms with Crippen LogP contribution in [0.2, 0.25) is 0 Å². The number of carbonyl (C=O) groups excluding carboxylic acids is 2. The van der Waals surface area contributed by atoms with Crippen molar-refractivity contribution in [1.82, 2.24) is 5.32 Å². The van der Waals surface area contributed by atoms with Gasteiger partial charge in [-0.05, 0) is 24.5 Å². The molecular formula is C14H19N3O4. The number of hydrogen-bond donors (Lipinski definition) is 4. The van der Waals surface area contributed by atoms with Crippen molar-refractivity contribution in [2.75, 3.05) is 5.32 Å². The molecule has 1 atom stereocenters. The lowest BCUT2D eigenvalue weighted by atomic mass is 10.0. The first-order valence-electron chi connectivity index (χ1n) is 6.43. The van der Waals surface area contributed by atoms with E-state index in [0.29, 0.717) is 5.56 Å². The van der Waals surface area contributed by atoms with Crippen LogP contribution in [0, 0.1) is 12.8 Å². The molecule has 0 bridgehead atoms. The minimum Gasteiger partial charge on any atom is -0.478 e. The molecule has 5 N–H and O–H groups in total. The highest BCUT2D eigenvalue weighted by Crippen LogP contribution is 2.21. The predicted octanol–water partition coefficient (Wildman–Crippen LogP) is 1.32. The number of hydrogen-bond acceptors (Lipinski definition) is 3. The average Bonchev–Trinajstić information content (AvgIpc) is 2.37. The van der Waals surface area contributed by atoms with Gasteiger partial charge in [-0.3, -0.25) is 4.79 Å². The van der Waals surface area contributed by atoms with Crippen LogP contribution in [0.5, 0.6) is 0 Å². The molecule has 0 saturated carbocycles. The summed E-state index contributed by atoms with van der Waals surface area (Å²) in [6, 6.07) is 3.02. The molecule has 0 saturated heterocycles. The Balaban J connectivity index is 3.07. The summed E-state index contributed by atoms with van der Waals surface area (Å²) < 4.78 is 0. The Morgan fingerprint density at radius 1 is 1.24 bits per heavy atom. The number of nitrogens with two attached hydrogens (primary N) is 1. The third kappa shape index (κ3) is 4.20. The molecule has 0 radical (unpaired) electrons. The zero-order chi connectivity index (χ0) is 16.2. The number of aromatic carboxylic acids is 1. The molecule has 7 nitrogen and oxygen atoms in total. The second-order valence-corrected chi connectivity index (χ2v) is 5.02. The number of anilines is 1. The Kier molecular flexibility index (Phi) is 5.29. The summed E-state index contributed by atoms with van der Waals surface area (Å²) in [5.74, 6) is -1.85. The number of rotatable bonds is 5. The minimum atomic E-state index is -1.14. The van der Waals surface area contributed by atoms with Crippen LogP contribution in [-0.2, 0) is 4.79 Å². The fourth-order valence-electron chi connectivity index (χ4n) is 1.90. The molecule has 1 rings (SSSR count). The van der Waals surface area contributed by atoms with E-state index >= 15 is 0 Å². The number of primary amides is 1. The van der Waals surface area contributed by atoms with Crippen LogP contribution in [0.3, 0.4) is 0 Å². The summed E-state index contributed by atoms with van der Waals surface area (Å²) in [6.45, 7) is 5.18. The van der Waals surface area contributed by atoms with Crippen LogP contribution in [0.15, 0.2) is 18.2 Å². The molecule has 0 aliphatic rings. The molecule has 0 aromatic heterocycles. The van der Waals surface area contributed by atoms with Gasteiger partial charge >= 0.3 is 12.0 Å². The minimum absolute atomic E-state index is 0.00932. The Morgan fingerprint density at radius 3 is 2.33 bits per heavy atom. The van der Waals surface area contributed by atoms with E-state index < -0.39 is 23.9 Å². The molecule has 1 unspecified atom stereocenters. The Labute approximate surface area is 122 Å². The molecule has 0 heterocycles. The molecule has 114 valence electrons. The highest BCUT2D eigenvalue weighted by molar-refractivity contribution is 6.03. The largest absolute Gasteiger partial charge is 0.478 e. The van der Waals surface area contributed by atoms with Crippen LogP contribution in [-0.4, -0.2) is 29.1 Å². The number of para-hydroxylation sites is 1. The summed E-state index contributed by atoms with van der Waals surface area (Å²) in [5, 5.41) is 14.1. The molecule has 0 spiro atoms. The second-order valence-electron chi connectivity index (χ2n) is 5.02. The van der Waals surface area contributed by atoms with Gasteiger partial charge in [0, 0.05) is 0 Å². The van der Waals surface area contributed by atoms with Gasteiger partial charge in [0.15, 0.2) is 0 Å². The fraction of sp³-hybridized carbons (Fsp3) is 0.357. The first-order valence-corrected chi connectivity index (χ1v) is 6.43. The van der Waals surface area contributed by atoms with Gasteiger partial charge in [-0.1, -0.05) is 26.0 Å². The van der Waals surface area contributed by atoms with Crippen molar-refractivity contribution < 1.29 is 19.5 Å². The first-order chi connectivity index (χ1) is 9.73. The van der Waals surface area contributed by atoms with E-state index in [1.54, 1.807) is 32.9 Å². The first kappa shape index (κ1) is 16.5. The van der Waals surface area contributed by atoms with Crippen molar-refractivity contribution in [2.45, 2.75) is 26.8 Å². The monoisotopic (exact) mass is 293 g/mol. The number of aryl methyl sites for hydroxylation is 1. The van der Waals surface area contributed by atoms with Gasteiger partial charge in [-0.2, -0.15) is 0 Å². The zero-order valence-corrected chi connectivity index (χ0v) is 12.1. The van der Waals surface area contributed by atoms with Crippen molar-refractivity contribution in [3.05, 3.63) is 29.3 Å². The number of carboxylic acid groups (broad SMARTS) is 1. The average molecular weight is 293 g/mol. The highest BCUT2D eigenvalue weighted by Gasteiger charge is 2.25. The number of nitrogens with one attached hydrogen (secondary N) is 2. The number of carboxylic acids is 1. The van der Waals surface area contributed by atoms with Gasteiger partial charge in [0.05, 0.1) is 11.3 Å². The zero-order valence-electron chi connectivity index (χ0n) is 12.1. The summed E-state index contributed by atoms with van der Waals surface area (Å²) >= 11 is 0.